The Morgan fingerprint density at radius 2 is 1.83 bits per heavy atom. The lowest BCUT2D eigenvalue weighted by atomic mass is 9.97. The molecule has 2 heteroatoms. The van der Waals surface area contributed by atoms with Crippen LogP contribution in [0.15, 0.2) is 0 Å². The average Bonchev–Trinajstić information content (AvgIpc) is 2.03. The van der Waals surface area contributed by atoms with Crippen LogP contribution in [0.1, 0.15) is 52.4 Å². The van der Waals surface area contributed by atoms with E-state index in [1.807, 2.05) is 0 Å². The van der Waals surface area contributed by atoms with Crippen LogP contribution in [-0.2, 0) is 0 Å². The zero-order valence-corrected chi connectivity index (χ0v) is 9.12. The summed E-state index contributed by atoms with van der Waals surface area (Å²) in [6.07, 6.45) is 7.40. The van der Waals surface area contributed by atoms with E-state index in [1.165, 1.54) is 38.5 Å². The van der Waals surface area contributed by atoms with Crippen molar-refractivity contribution >= 4 is 17.2 Å². The minimum Gasteiger partial charge on any atom is -0.393 e. The Morgan fingerprint density at radius 1 is 1.17 bits per heavy atom. The molecule has 0 amide bonds. The molecule has 1 nitrogen and oxygen atoms in total. The van der Waals surface area contributed by atoms with Gasteiger partial charge in [0.05, 0.1) is 4.99 Å². The first-order valence-corrected chi connectivity index (χ1v) is 5.42. The Balaban J connectivity index is 3.56. The normalized spacial score (nSPS) is 12.8. The quantitative estimate of drug-likeness (QED) is 0.489. The van der Waals surface area contributed by atoms with Gasteiger partial charge in [0.25, 0.3) is 0 Å². The van der Waals surface area contributed by atoms with Gasteiger partial charge in [-0.3, -0.25) is 0 Å². The summed E-state index contributed by atoms with van der Waals surface area (Å²) in [4.78, 5) is 0.716. The molecule has 0 aliphatic carbocycles. The van der Waals surface area contributed by atoms with Gasteiger partial charge in [0.2, 0.25) is 0 Å². The van der Waals surface area contributed by atoms with Gasteiger partial charge in [0.15, 0.2) is 0 Å². The van der Waals surface area contributed by atoms with Crippen molar-refractivity contribution in [2.24, 2.45) is 11.7 Å². The summed E-state index contributed by atoms with van der Waals surface area (Å²) in [5, 5.41) is 0. The molecule has 0 radical (unpaired) electrons. The largest absolute Gasteiger partial charge is 0.393 e. The first-order valence-electron chi connectivity index (χ1n) is 5.01. The fraction of sp³-hybridized carbons (Fsp3) is 0.900. The highest BCUT2D eigenvalue weighted by Gasteiger charge is 2.09. The minimum absolute atomic E-state index is 0.497. The molecule has 0 bridgehead atoms. The highest BCUT2D eigenvalue weighted by atomic mass is 32.1. The van der Waals surface area contributed by atoms with Crippen LogP contribution in [-0.4, -0.2) is 4.99 Å². The molecule has 0 saturated carbocycles. The van der Waals surface area contributed by atoms with Crippen molar-refractivity contribution in [2.45, 2.75) is 52.4 Å². The molecule has 12 heavy (non-hydrogen) atoms. The van der Waals surface area contributed by atoms with Crippen molar-refractivity contribution < 1.29 is 0 Å². The fourth-order valence-corrected chi connectivity index (χ4v) is 1.65. The van der Waals surface area contributed by atoms with Crippen molar-refractivity contribution in [3.63, 3.8) is 0 Å². The van der Waals surface area contributed by atoms with E-state index < -0.39 is 0 Å². The lowest BCUT2D eigenvalue weighted by molar-refractivity contribution is 0.528. The van der Waals surface area contributed by atoms with Crippen LogP contribution in [0.25, 0.3) is 0 Å². The van der Waals surface area contributed by atoms with E-state index in [0.717, 1.165) is 0 Å². The molecule has 0 aromatic carbocycles. The molecular weight excluding hydrogens is 166 g/mol. The van der Waals surface area contributed by atoms with Crippen LogP contribution in [0.5, 0.6) is 0 Å². The molecule has 0 rings (SSSR count). The third kappa shape index (κ3) is 5.53. The van der Waals surface area contributed by atoms with Crippen molar-refractivity contribution in [3.8, 4) is 0 Å². The van der Waals surface area contributed by atoms with E-state index in [2.05, 4.69) is 13.8 Å². The van der Waals surface area contributed by atoms with Crippen LogP contribution in [0.2, 0.25) is 0 Å². The summed E-state index contributed by atoms with van der Waals surface area (Å²) < 4.78 is 0. The fourth-order valence-electron chi connectivity index (χ4n) is 1.42. The third-order valence-electron chi connectivity index (χ3n) is 2.20. The van der Waals surface area contributed by atoms with Gasteiger partial charge < -0.3 is 5.73 Å². The maximum absolute atomic E-state index is 5.64. The van der Waals surface area contributed by atoms with E-state index in [-0.39, 0.29) is 0 Å². The van der Waals surface area contributed by atoms with Crippen LogP contribution in [0.3, 0.4) is 0 Å². The topological polar surface area (TPSA) is 26.0 Å². The van der Waals surface area contributed by atoms with E-state index in [0.29, 0.717) is 10.9 Å². The SMILES string of the molecule is CCCCCC(CCC)C(N)=S. The van der Waals surface area contributed by atoms with Crippen LogP contribution in [0, 0.1) is 5.92 Å². The second kappa shape index (κ2) is 7.53. The smallest absolute Gasteiger partial charge is 0.0758 e. The molecule has 0 aliphatic rings. The molecule has 0 saturated heterocycles. The summed E-state index contributed by atoms with van der Waals surface area (Å²) in [6, 6.07) is 0. The summed E-state index contributed by atoms with van der Waals surface area (Å²) >= 11 is 5.01. The van der Waals surface area contributed by atoms with Gasteiger partial charge in [-0.1, -0.05) is 51.7 Å². The summed E-state index contributed by atoms with van der Waals surface area (Å²) in [7, 11) is 0. The van der Waals surface area contributed by atoms with Gasteiger partial charge in [-0.25, -0.2) is 0 Å². The Kier molecular flexibility index (Phi) is 7.47. The van der Waals surface area contributed by atoms with Gasteiger partial charge >= 0.3 is 0 Å². The number of nitrogens with two attached hydrogens (primary N) is 1. The predicted octanol–water partition coefficient (Wildman–Crippen LogP) is 3.27. The Morgan fingerprint density at radius 3 is 2.25 bits per heavy atom. The standard InChI is InChI=1S/C10H21NS/c1-3-5-6-8-9(7-4-2)10(11)12/h9H,3-8H2,1-2H3,(H2,11,12). The number of thiocarbonyl (C=S) groups is 1. The van der Waals surface area contributed by atoms with Gasteiger partial charge in [-0.05, 0) is 12.8 Å². The van der Waals surface area contributed by atoms with Crippen LogP contribution < -0.4 is 5.73 Å². The highest BCUT2D eigenvalue weighted by molar-refractivity contribution is 7.80. The molecule has 2 N–H and O–H groups in total. The molecule has 1 atom stereocenters. The van der Waals surface area contributed by atoms with Crippen molar-refractivity contribution in [2.75, 3.05) is 0 Å². The number of unbranched alkanes of at least 4 members (excludes halogenated alkanes) is 2. The Labute approximate surface area is 81.7 Å². The van der Waals surface area contributed by atoms with Crippen LogP contribution in [0.4, 0.5) is 0 Å². The van der Waals surface area contributed by atoms with E-state index in [4.69, 9.17) is 18.0 Å². The summed E-state index contributed by atoms with van der Waals surface area (Å²) in [6.45, 7) is 4.40. The van der Waals surface area contributed by atoms with Gasteiger partial charge in [-0.2, -0.15) is 0 Å². The monoisotopic (exact) mass is 187 g/mol. The molecule has 0 aliphatic heterocycles. The Bertz CT molecular complexity index is 123. The maximum Gasteiger partial charge on any atom is 0.0758 e. The molecule has 0 spiro atoms. The molecule has 1 unspecified atom stereocenters. The number of rotatable bonds is 7. The third-order valence-corrected chi connectivity index (χ3v) is 2.53. The van der Waals surface area contributed by atoms with E-state index in [9.17, 15) is 0 Å². The zero-order valence-electron chi connectivity index (χ0n) is 8.31. The maximum atomic E-state index is 5.64. The van der Waals surface area contributed by atoms with Gasteiger partial charge in [0, 0.05) is 5.92 Å². The first kappa shape index (κ1) is 11.9. The lowest BCUT2D eigenvalue weighted by Gasteiger charge is -2.13. The summed E-state index contributed by atoms with van der Waals surface area (Å²) in [5.74, 6) is 0.497. The second-order valence-corrected chi connectivity index (χ2v) is 3.86. The van der Waals surface area contributed by atoms with Crippen LogP contribution >= 0.6 is 12.2 Å². The second-order valence-electron chi connectivity index (χ2n) is 3.38. The molecule has 0 heterocycles. The summed E-state index contributed by atoms with van der Waals surface area (Å²) in [5.41, 5.74) is 5.64. The number of hydrogen-bond acceptors (Lipinski definition) is 1. The molecule has 0 aromatic heterocycles. The highest BCUT2D eigenvalue weighted by Crippen LogP contribution is 2.15. The van der Waals surface area contributed by atoms with E-state index >= 15 is 0 Å². The first-order chi connectivity index (χ1) is 5.72. The zero-order chi connectivity index (χ0) is 9.40. The molecule has 72 valence electrons. The van der Waals surface area contributed by atoms with Crippen molar-refractivity contribution in [1.29, 1.82) is 0 Å². The predicted molar refractivity (Wildman–Crippen MR) is 59.3 cm³/mol. The average molecular weight is 187 g/mol. The van der Waals surface area contributed by atoms with Gasteiger partial charge in [0.1, 0.15) is 0 Å². The molecule has 0 aromatic rings. The van der Waals surface area contributed by atoms with Crippen molar-refractivity contribution in [3.05, 3.63) is 0 Å². The molecular formula is C10H21NS. The van der Waals surface area contributed by atoms with Gasteiger partial charge in [-0.15, -0.1) is 0 Å². The van der Waals surface area contributed by atoms with Crippen molar-refractivity contribution in [1.82, 2.24) is 0 Å². The lowest BCUT2D eigenvalue weighted by Crippen LogP contribution is -2.20. The van der Waals surface area contributed by atoms with E-state index in [1.54, 1.807) is 0 Å². The Hall–Kier alpha value is -0.110. The molecule has 0 fully saturated rings. The minimum atomic E-state index is 0.497. The number of hydrogen-bond donors (Lipinski definition) is 1.